The van der Waals surface area contributed by atoms with Crippen molar-refractivity contribution >= 4 is 5.69 Å². The Morgan fingerprint density at radius 1 is 1.33 bits per heavy atom. The van der Waals surface area contributed by atoms with Crippen molar-refractivity contribution in [3.8, 4) is 0 Å². The van der Waals surface area contributed by atoms with Gasteiger partial charge in [0.25, 0.3) is 0 Å². The molecule has 2 N–H and O–H groups in total. The lowest BCUT2D eigenvalue weighted by Gasteiger charge is -2.06. The van der Waals surface area contributed by atoms with Crippen LogP contribution in [0, 0.1) is 6.57 Å². The third-order valence-corrected chi connectivity index (χ3v) is 1.58. The van der Waals surface area contributed by atoms with Gasteiger partial charge in [-0.1, -0.05) is 24.3 Å². The zero-order valence-corrected chi connectivity index (χ0v) is 6.44. The summed E-state index contributed by atoms with van der Waals surface area (Å²) in [5, 5.41) is 17.8. The summed E-state index contributed by atoms with van der Waals surface area (Å²) < 4.78 is 0. The third-order valence-electron chi connectivity index (χ3n) is 1.58. The van der Waals surface area contributed by atoms with Crippen LogP contribution in [0.4, 0.5) is 5.69 Å². The Morgan fingerprint density at radius 2 is 1.92 bits per heavy atom. The summed E-state index contributed by atoms with van der Waals surface area (Å²) in [5.74, 6) is 0. The monoisotopic (exact) mass is 163 g/mol. The van der Waals surface area contributed by atoms with Gasteiger partial charge in [0.2, 0.25) is 0 Å². The van der Waals surface area contributed by atoms with Crippen molar-refractivity contribution in [1.82, 2.24) is 0 Å². The van der Waals surface area contributed by atoms with Crippen molar-refractivity contribution < 1.29 is 10.2 Å². The molecule has 0 amide bonds. The maximum atomic E-state index is 9.17. The molecule has 12 heavy (non-hydrogen) atoms. The molecule has 1 atom stereocenters. The molecule has 3 heteroatoms. The second-order valence-electron chi connectivity index (χ2n) is 2.40. The normalized spacial score (nSPS) is 12.1. The Labute approximate surface area is 70.7 Å². The van der Waals surface area contributed by atoms with Crippen LogP contribution < -0.4 is 0 Å². The molecule has 1 aromatic rings. The Kier molecular flexibility index (Phi) is 2.81. The number of nitrogens with zero attached hydrogens (tertiary/aromatic N) is 1. The fraction of sp³-hybridized carbons (Fsp3) is 0.222. The van der Waals surface area contributed by atoms with Gasteiger partial charge >= 0.3 is 0 Å². The molecule has 0 saturated heterocycles. The maximum absolute atomic E-state index is 9.17. The highest BCUT2D eigenvalue weighted by atomic mass is 16.3. The molecule has 0 aliphatic carbocycles. The van der Waals surface area contributed by atoms with Crippen LogP contribution >= 0.6 is 0 Å². The minimum absolute atomic E-state index is 0.294. The molecule has 0 aliphatic rings. The molecule has 1 aromatic carbocycles. The Hall–Kier alpha value is -1.37. The largest absolute Gasteiger partial charge is 0.393 e. The number of aliphatic hydroxyl groups excluding tert-OH is 2. The first-order valence-electron chi connectivity index (χ1n) is 3.54. The lowest BCUT2D eigenvalue weighted by atomic mass is 10.1. The van der Waals surface area contributed by atoms with E-state index in [1.807, 2.05) is 0 Å². The zero-order valence-electron chi connectivity index (χ0n) is 6.44. The summed E-state index contributed by atoms with van der Waals surface area (Å²) in [7, 11) is 0. The molecular weight excluding hydrogens is 154 g/mol. The Morgan fingerprint density at radius 3 is 2.33 bits per heavy atom. The van der Waals surface area contributed by atoms with Crippen molar-refractivity contribution in [2.24, 2.45) is 0 Å². The van der Waals surface area contributed by atoms with Gasteiger partial charge in [-0.15, -0.1) is 0 Å². The number of rotatable bonds is 2. The molecule has 0 aromatic heterocycles. The summed E-state index contributed by atoms with van der Waals surface area (Å²) >= 11 is 0. The van der Waals surface area contributed by atoms with Gasteiger partial charge in [-0.3, -0.25) is 0 Å². The van der Waals surface area contributed by atoms with Crippen molar-refractivity contribution in [2.75, 3.05) is 6.61 Å². The van der Waals surface area contributed by atoms with Crippen LogP contribution in [0.2, 0.25) is 0 Å². The molecule has 0 radical (unpaired) electrons. The van der Waals surface area contributed by atoms with Gasteiger partial charge in [0.1, 0.15) is 6.10 Å². The van der Waals surface area contributed by atoms with Crippen LogP contribution in [0.1, 0.15) is 11.7 Å². The van der Waals surface area contributed by atoms with Gasteiger partial charge in [-0.05, 0) is 5.56 Å². The molecule has 0 unspecified atom stereocenters. The molecule has 1 rings (SSSR count). The quantitative estimate of drug-likeness (QED) is 0.645. The molecule has 62 valence electrons. The van der Waals surface area contributed by atoms with E-state index < -0.39 is 6.10 Å². The summed E-state index contributed by atoms with van der Waals surface area (Å²) in [5.41, 5.74) is 1.16. The maximum Gasteiger partial charge on any atom is 0.187 e. The third kappa shape index (κ3) is 1.82. The summed E-state index contributed by atoms with van der Waals surface area (Å²) in [4.78, 5) is 3.20. The average Bonchev–Trinajstić information content (AvgIpc) is 2.17. The van der Waals surface area contributed by atoms with E-state index in [4.69, 9.17) is 16.8 Å². The van der Waals surface area contributed by atoms with Crippen LogP contribution in [-0.4, -0.2) is 16.8 Å². The van der Waals surface area contributed by atoms with Gasteiger partial charge in [-0.2, -0.15) is 0 Å². The molecule has 0 aliphatic heterocycles. The molecule has 3 nitrogen and oxygen atoms in total. The van der Waals surface area contributed by atoms with Crippen LogP contribution in [0.3, 0.4) is 0 Å². The first kappa shape index (κ1) is 8.72. The standard InChI is InChI=1S/C9H9NO2/c1-10-8-4-2-7(3-5-8)9(12)6-11/h2-5,9,11-12H,6H2/t9-/m1/s1. The van der Waals surface area contributed by atoms with E-state index in [0.29, 0.717) is 11.3 Å². The van der Waals surface area contributed by atoms with Crippen molar-refractivity contribution in [3.05, 3.63) is 41.2 Å². The fourth-order valence-corrected chi connectivity index (χ4v) is 0.876. The average molecular weight is 163 g/mol. The van der Waals surface area contributed by atoms with Gasteiger partial charge in [0.15, 0.2) is 5.69 Å². The first-order chi connectivity index (χ1) is 5.77. The van der Waals surface area contributed by atoms with Gasteiger partial charge in [0, 0.05) is 0 Å². The zero-order chi connectivity index (χ0) is 8.97. The van der Waals surface area contributed by atoms with E-state index in [0.717, 1.165) is 0 Å². The Bertz CT molecular complexity index is 286. The van der Waals surface area contributed by atoms with Crippen LogP contribution in [0.25, 0.3) is 4.85 Å². The van der Waals surface area contributed by atoms with E-state index >= 15 is 0 Å². The van der Waals surface area contributed by atoms with Gasteiger partial charge < -0.3 is 10.2 Å². The van der Waals surface area contributed by atoms with Crippen molar-refractivity contribution in [3.63, 3.8) is 0 Å². The van der Waals surface area contributed by atoms with E-state index in [1.165, 1.54) is 0 Å². The van der Waals surface area contributed by atoms with Crippen LogP contribution in [0.15, 0.2) is 24.3 Å². The highest BCUT2D eigenvalue weighted by Gasteiger charge is 2.03. The van der Waals surface area contributed by atoms with E-state index in [-0.39, 0.29) is 6.61 Å². The number of benzene rings is 1. The second kappa shape index (κ2) is 3.86. The van der Waals surface area contributed by atoms with Crippen LogP contribution in [0.5, 0.6) is 0 Å². The fourth-order valence-electron chi connectivity index (χ4n) is 0.876. The number of aliphatic hydroxyl groups is 2. The topological polar surface area (TPSA) is 44.8 Å². The SMILES string of the molecule is [C-]#[N+]c1ccc([C@H](O)CO)cc1. The molecule has 0 spiro atoms. The minimum Gasteiger partial charge on any atom is -0.393 e. The predicted octanol–water partition coefficient (Wildman–Crippen LogP) is 1.26. The van der Waals surface area contributed by atoms with E-state index in [9.17, 15) is 0 Å². The molecule has 0 bridgehead atoms. The second-order valence-corrected chi connectivity index (χ2v) is 2.40. The highest BCUT2D eigenvalue weighted by molar-refractivity contribution is 5.45. The number of hydrogen-bond acceptors (Lipinski definition) is 2. The number of hydrogen-bond donors (Lipinski definition) is 2. The van der Waals surface area contributed by atoms with Gasteiger partial charge in [-0.25, -0.2) is 4.85 Å². The lowest BCUT2D eigenvalue weighted by Crippen LogP contribution is -2.01. The minimum atomic E-state index is -0.843. The van der Waals surface area contributed by atoms with E-state index in [1.54, 1.807) is 24.3 Å². The van der Waals surface area contributed by atoms with Crippen LogP contribution in [-0.2, 0) is 0 Å². The lowest BCUT2D eigenvalue weighted by molar-refractivity contribution is 0.0956. The summed E-state index contributed by atoms with van der Waals surface area (Å²) in [6.07, 6.45) is -0.843. The summed E-state index contributed by atoms with van der Waals surface area (Å²) in [6.45, 7) is 6.39. The summed E-state index contributed by atoms with van der Waals surface area (Å²) in [6, 6.07) is 6.49. The van der Waals surface area contributed by atoms with Crippen molar-refractivity contribution in [1.29, 1.82) is 0 Å². The smallest absolute Gasteiger partial charge is 0.187 e. The highest BCUT2D eigenvalue weighted by Crippen LogP contribution is 2.17. The van der Waals surface area contributed by atoms with Gasteiger partial charge in [0.05, 0.1) is 13.2 Å². The van der Waals surface area contributed by atoms with Crippen molar-refractivity contribution in [2.45, 2.75) is 6.10 Å². The van der Waals surface area contributed by atoms with E-state index in [2.05, 4.69) is 4.85 Å². The first-order valence-corrected chi connectivity index (χ1v) is 3.54. The Balaban J connectivity index is 2.86. The molecular formula is C9H9NO2. The molecule has 0 heterocycles. The molecule has 0 saturated carbocycles. The molecule has 0 fully saturated rings. The predicted molar refractivity (Wildman–Crippen MR) is 44.7 cm³/mol.